The maximum Gasteiger partial charge on any atom is 0.416 e. The number of alkyl halides is 3. The summed E-state index contributed by atoms with van der Waals surface area (Å²) in [5.41, 5.74) is 2.15. The van der Waals surface area contributed by atoms with Crippen molar-refractivity contribution >= 4 is 17.2 Å². The van der Waals surface area contributed by atoms with Gasteiger partial charge in [-0.25, -0.2) is 19.2 Å². The van der Waals surface area contributed by atoms with Crippen LogP contribution in [0.3, 0.4) is 0 Å². The third kappa shape index (κ3) is 5.18. The molecule has 0 aliphatic heterocycles. The van der Waals surface area contributed by atoms with E-state index in [1.807, 2.05) is 6.92 Å². The Morgan fingerprint density at radius 1 is 1.03 bits per heavy atom. The van der Waals surface area contributed by atoms with Gasteiger partial charge in [0.2, 0.25) is 0 Å². The Morgan fingerprint density at radius 2 is 1.86 bits per heavy atom. The maximum atomic E-state index is 13.5. The van der Waals surface area contributed by atoms with E-state index in [9.17, 15) is 18.0 Å². The lowest BCUT2D eigenvalue weighted by Crippen LogP contribution is -2.14. The highest BCUT2D eigenvalue weighted by Crippen LogP contribution is 2.33. The number of nitrogens with zero attached hydrogens (tertiary/aromatic N) is 6. The smallest absolute Gasteiger partial charge is 0.322 e. The SMILES string of the molecule is Cc1ncn(-c2cc(NC(=O)c3ccc(C)c(C#Cc4cnc5ccnn5c4)c3)cc(C(F)(F)F)c2)n1. The number of amides is 1. The number of hydrogen-bond acceptors (Lipinski definition) is 5. The van der Waals surface area contributed by atoms with Crippen molar-refractivity contribution in [2.24, 2.45) is 0 Å². The van der Waals surface area contributed by atoms with Crippen LogP contribution in [-0.2, 0) is 6.18 Å². The number of nitrogens with one attached hydrogen (secondary N) is 1. The van der Waals surface area contributed by atoms with Crippen LogP contribution in [-0.4, -0.2) is 35.3 Å². The number of fused-ring (bicyclic) bond motifs is 1. The van der Waals surface area contributed by atoms with Crippen LogP contribution < -0.4 is 5.32 Å². The van der Waals surface area contributed by atoms with Gasteiger partial charge in [0, 0.05) is 35.3 Å². The molecule has 184 valence electrons. The average Bonchev–Trinajstić information content (AvgIpc) is 3.51. The number of aryl methyl sites for hydroxylation is 2. The van der Waals surface area contributed by atoms with E-state index in [0.29, 0.717) is 22.6 Å². The molecule has 0 unspecified atom stereocenters. The van der Waals surface area contributed by atoms with Gasteiger partial charge in [0.05, 0.1) is 23.0 Å². The summed E-state index contributed by atoms with van der Waals surface area (Å²) >= 11 is 0. The van der Waals surface area contributed by atoms with Gasteiger partial charge in [0.1, 0.15) is 12.2 Å². The topological polar surface area (TPSA) is 90.0 Å². The third-order valence-electron chi connectivity index (χ3n) is 5.46. The van der Waals surface area contributed by atoms with Gasteiger partial charge in [0.15, 0.2) is 5.65 Å². The number of hydrogen-bond donors (Lipinski definition) is 1. The van der Waals surface area contributed by atoms with Crippen molar-refractivity contribution in [3.63, 3.8) is 0 Å². The summed E-state index contributed by atoms with van der Waals surface area (Å²) in [4.78, 5) is 21.2. The molecular formula is C26H18F3N7O. The van der Waals surface area contributed by atoms with Gasteiger partial charge in [0.25, 0.3) is 5.91 Å². The van der Waals surface area contributed by atoms with E-state index in [1.165, 1.54) is 17.1 Å². The summed E-state index contributed by atoms with van der Waals surface area (Å²) in [7, 11) is 0. The van der Waals surface area contributed by atoms with Crippen molar-refractivity contribution in [3.05, 3.63) is 101 Å². The average molecular weight is 501 g/mol. The molecule has 0 bridgehead atoms. The molecule has 5 rings (SSSR count). The molecule has 1 amide bonds. The Morgan fingerprint density at radius 3 is 2.62 bits per heavy atom. The Kier molecular flexibility index (Phi) is 5.93. The van der Waals surface area contributed by atoms with Crippen LogP contribution in [0.4, 0.5) is 18.9 Å². The first-order valence-corrected chi connectivity index (χ1v) is 11.0. The second-order valence-corrected chi connectivity index (χ2v) is 8.21. The Balaban J connectivity index is 1.43. The van der Waals surface area contributed by atoms with Crippen LogP contribution in [0.1, 0.15) is 38.4 Å². The largest absolute Gasteiger partial charge is 0.416 e. The summed E-state index contributed by atoms with van der Waals surface area (Å²) in [5.74, 6) is 5.85. The molecule has 0 fully saturated rings. The molecule has 2 aromatic carbocycles. The lowest BCUT2D eigenvalue weighted by atomic mass is 10.0. The number of anilines is 1. The molecule has 3 aromatic heterocycles. The Hall–Kier alpha value is -4.98. The van der Waals surface area contributed by atoms with Gasteiger partial charge in [-0.05, 0) is 49.7 Å². The van der Waals surface area contributed by atoms with E-state index in [1.54, 1.807) is 54.3 Å². The van der Waals surface area contributed by atoms with Crippen LogP contribution in [0.5, 0.6) is 0 Å². The summed E-state index contributed by atoms with van der Waals surface area (Å²) in [5, 5.41) is 10.7. The molecule has 5 aromatic rings. The number of aromatic nitrogens is 6. The fourth-order valence-corrected chi connectivity index (χ4v) is 3.56. The van der Waals surface area contributed by atoms with Crippen molar-refractivity contribution in [3.8, 4) is 17.5 Å². The molecule has 11 heteroatoms. The lowest BCUT2D eigenvalue weighted by molar-refractivity contribution is -0.137. The van der Waals surface area contributed by atoms with Crippen LogP contribution >= 0.6 is 0 Å². The zero-order valence-electron chi connectivity index (χ0n) is 19.6. The molecule has 0 saturated carbocycles. The highest BCUT2D eigenvalue weighted by Gasteiger charge is 2.31. The molecule has 3 heterocycles. The van der Waals surface area contributed by atoms with Crippen LogP contribution in [0, 0.1) is 25.7 Å². The van der Waals surface area contributed by atoms with E-state index in [4.69, 9.17) is 0 Å². The van der Waals surface area contributed by atoms with Crippen LogP contribution in [0.2, 0.25) is 0 Å². The number of rotatable bonds is 3. The fraction of sp³-hybridized carbons (Fsp3) is 0.115. The monoisotopic (exact) mass is 501 g/mol. The third-order valence-corrected chi connectivity index (χ3v) is 5.46. The molecule has 8 nitrogen and oxygen atoms in total. The minimum absolute atomic E-state index is 0.0326. The van der Waals surface area contributed by atoms with Gasteiger partial charge in [-0.3, -0.25) is 4.79 Å². The molecular weight excluding hydrogens is 483 g/mol. The summed E-state index contributed by atoms with van der Waals surface area (Å²) in [6.45, 7) is 3.47. The molecule has 0 saturated heterocycles. The highest BCUT2D eigenvalue weighted by atomic mass is 19.4. The standard InChI is InChI=1S/C26H18F3N7O/c1-16-3-5-20(9-19(16)6-4-18-13-30-24-7-8-32-35(24)14-18)25(37)33-22-10-21(26(27,28)29)11-23(12-22)36-15-31-17(2)34-36/h3,5,7-15H,1-2H3,(H,33,37). The first-order chi connectivity index (χ1) is 17.7. The fourth-order valence-electron chi connectivity index (χ4n) is 3.56. The first-order valence-electron chi connectivity index (χ1n) is 11.0. The normalized spacial score (nSPS) is 11.3. The Bertz CT molecular complexity index is 1710. The van der Waals surface area contributed by atoms with Gasteiger partial charge in [-0.15, -0.1) is 0 Å². The predicted octanol–water partition coefficient (Wildman–Crippen LogP) is 4.60. The summed E-state index contributed by atoms with van der Waals surface area (Å²) in [6, 6.07) is 9.88. The first kappa shape index (κ1) is 23.7. The zero-order chi connectivity index (χ0) is 26.2. The molecule has 0 radical (unpaired) electrons. The van der Waals surface area contributed by atoms with Crippen molar-refractivity contribution in [1.29, 1.82) is 0 Å². The second-order valence-electron chi connectivity index (χ2n) is 8.21. The van der Waals surface area contributed by atoms with E-state index in [2.05, 4.69) is 37.3 Å². The van der Waals surface area contributed by atoms with Gasteiger partial charge >= 0.3 is 6.18 Å². The van der Waals surface area contributed by atoms with E-state index in [0.717, 1.165) is 17.7 Å². The Labute approximate surface area is 208 Å². The molecule has 37 heavy (non-hydrogen) atoms. The van der Waals surface area contributed by atoms with Gasteiger partial charge in [-0.1, -0.05) is 17.9 Å². The maximum absolute atomic E-state index is 13.5. The summed E-state index contributed by atoms with van der Waals surface area (Å²) < 4.78 is 43.4. The molecule has 1 N–H and O–H groups in total. The highest BCUT2D eigenvalue weighted by molar-refractivity contribution is 6.04. The minimum atomic E-state index is -4.62. The lowest BCUT2D eigenvalue weighted by Gasteiger charge is -2.13. The van der Waals surface area contributed by atoms with Crippen molar-refractivity contribution in [1.82, 2.24) is 29.4 Å². The summed E-state index contributed by atoms with van der Waals surface area (Å²) in [6.07, 6.45) is 1.68. The zero-order valence-corrected chi connectivity index (χ0v) is 19.6. The van der Waals surface area contributed by atoms with Gasteiger partial charge < -0.3 is 5.32 Å². The van der Waals surface area contributed by atoms with E-state index < -0.39 is 17.6 Å². The van der Waals surface area contributed by atoms with Crippen LogP contribution in [0.15, 0.2) is 67.4 Å². The minimum Gasteiger partial charge on any atom is -0.322 e. The van der Waals surface area contributed by atoms with Crippen LogP contribution in [0.25, 0.3) is 11.3 Å². The predicted molar refractivity (Wildman–Crippen MR) is 129 cm³/mol. The number of halogens is 3. The van der Waals surface area contributed by atoms with Crippen molar-refractivity contribution in [2.75, 3.05) is 5.32 Å². The van der Waals surface area contributed by atoms with Crippen molar-refractivity contribution < 1.29 is 18.0 Å². The molecule has 0 spiro atoms. The second kappa shape index (κ2) is 9.23. The molecule has 0 aliphatic rings. The van der Waals surface area contributed by atoms with E-state index in [-0.39, 0.29) is 16.9 Å². The number of carbonyl (C=O) groups excluding carboxylic acids is 1. The van der Waals surface area contributed by atoms with Crippen molar-refractivity contribution in [2.45, 2.75) is 20.0 Å². The van der Waals surface area contributed by atoms with Gasteiger partial charge in [-0.2, -0.15) is 23.4 Å². The number of benzene rings is 2. The molecule has 0 aliphatic carbocycles. The quantitative estimate of drug-likeness (QED) is 0.365. The number of carbonyl (C=O) groups is 1. The molecule has 0 atom stereocenters. The van der Waals surface area contributed by atoms with E-state index >= 15 is 0 Å².